The van der Waals surface area contributed by atoms with Gasteiger partial charge < -0.3 is 50.3 Å². The van der Waals surface area contributed by atoms with Gasteiger partial charge in [0, 0.05) is 12.1 Å². The number of aromatic hydroxyl groups is 4. The molecule has 0 aromatic heterocycles. The molecule has 0 saturated carbocycles. The number of carbonyl (C=O) groups excluding carboxylic acids is 1. The van der Waals surface area contributed by atoms with Crippen LogP contribution in [0, 0.1) is 0 Å². The molecule has 5 atom stereocenters. The van der Waals surface area contributed by atoms with E-state index < -0.39 is 71.0 Å². The second-order valence-electron chi connectivity index (χ2n) is 7.14. The van der Waals surface area contributed by atoms with Crippen molar-refractivity contribution in [2.75, 3.05) is 0 Å². The first-order chi connectivity index (χ1) is 15.5. The number of aliphatic carboxylic acids is 1. The summed E-state index contributed by atoms with van der Waals surface area (Å²) in [6.45, 7) is 0. The number of carbonyl (C=O) groups is 2. The van der Waals surface area contributed by atoms with Crippen LogP contribution in [0.1, 0.15) is 15.9 Å². The predicted octanol–water partition coefficient (Wildman–Crippen LogP) is -0.324. The molecule has 176 valence electrons. The van der Waals surface area contributed by atoms with Gasteiger partial charge in [-0.3, -0.25) is 4.79 Å². The maximum absolute atomic E-state index is 12.3. The van der Waals surface area contributed by atoms with E-state index >= 15 is 0 Å². The number of aliphatic hydroxyl groups is 3. The molecular weight excluding hydrogens is 444 g/mol. The Morgan fingerprint density at radius 2 is 1.52 bits per heavy atom. The minimum absolute atomic E-state index is 0.260. The van der Waals surface area contributed by atoms with Crippen molar-refractivity contribution in [3.63, 3.8) is 0 Å². The number of hydrogen-bond acceptors (Lipinski definition) is 11. The van der Waals surface area contributed by atoms with Gasteiger partial charge in [-0.25, -0.2) is 4.79 Å². The summed E-state index contributed by atoms with van der Waals surface area (Å²) in [5.41, 5.74) is -0.166. The minimum Gasteiger partial charge on any atom is -0.508 e. The molecule has 0 aliphatic carbocycles. The third-order valence-corrected chi connectivity index (χ3v) is 4.79. The zero-order valence-corrected chi connectivity index (χ0v) is 16.6. The maximum atomic E-state index is 12.3. The number of carboxylic acid groups (broad SMARTS) is 1. The molecule has 2 aromatic carbocycles. The first-order valence-electron chi connectivity index (χ1n) is 9.39. The average Bonchev–Trinajstić information content (AvgIpc) is 2.73. The fraction of sp³-hybridized carbons (Fsp3) is 0.238. The molecule has 0 amide bonds. The van der Waals surface area contributed by atoms with Crippen molar-refractivity contribution in [2.45, 2.75) is 30.7 Å². The van der Waals surface area contributed by atoms with Crippen LogP contribution in [0.2, 0.25) is 0 Å². The molecule has 8 N–H and O–H groups in total. The van der Waals surface area contributed by atoms with Crippen LogP contribution in [0.3, 0.4) is 0 Å². The van der Waals surface area contributed by atoms with E-state index in [1.807, 2.05) is 0 Å². The second-order valence-corrected chi connectivity index (χ2v) is 7.14. The van der Waals surface area contributed by atoms with Crippen LogP contribution in [0.25, 0.3) is 6.08 Å². The van der Waals surface area contributed by atoms with Crippen molar-refractivity contribution < 1.29 is 59.9 Å². The standard InChI is InChI=1S/C21H20O12/c22-9-6-12(25)15(13(26)7-9)10(23)3-1-8-2-4-14(11(24)5-8)32-21-18(29)16(27)17(28)19(33-21)20(30)31/h1-7,16-19,21-22,24-29H,(H,30,31). The summed E-state index contributed by atoms with van der Waals surface area (Å²) in [4.78, 5) is 23.4. The van der Waals surface area contributed by atoms with Gasteiger partial charge in [0.2, 0.25) is 6.29 Å². The first kappa shape index (κ1) is 23.8. The van der Waals surface area contributed by atoms with E-state index in [-0.39, 0.29) is 11.3 Å². The van der Waals surface area contributed by atoms with E-state index in [9.17, 15) is 45.3 Å². The Morgan fingerprint density at radius 3 is 2.09 bits per heavy atom. The number of phenols is 4. The summed E-state index contributed by atoms with van der Waals surface area (Å²) in [7, 11) is 0. The quantitative estimate of drug-likeness (QED) is 0.204. The van der Waals surface area contributed by atoms with Crippen LogP contribution in [-0.2, 0) is 9.53 Å². The highest BCUT2D eigenvalue weighted by molar-refractivity contribution is 6.10. The summed E-state index contributed by atoms with van der Waals surface area (Å²) >= 11 is 0. The van der Waals surface area contributed by atoms with Crippen molar-refractivity contribution in [1.82, 2.24) is 0 Å². The Bertz CT molecular complexity index is 1070. The van der Waals surface area contributed by atoms with Crippen molar-refractivity contribution in [1.29, 1.82) is 0 Å². The Kier molecular flexibility index (Phi) is 6.74. The molecule has 12 nitrogen and oxygen atoms in total. The van der Waals surface area contributed by atoms with E-state index in [1.54, 1.807) is 0 Å². The van der Waals surface area contributed by atoms with Gasteiger partial charge in [-0.2, -0.15) is 0 Å². The Hall–Kier alpha value is -3.84. The highest BCUT2D eigenvalue weighted by Crippen LogP contribution is 2.34. The number of ketones is 1. The molecule has 1 fully saturated rings. The Morgan fingerprint density at radius 1 is 0.879 bits per heavy atom. The SMILES string of the molecule is O=C(C=Cc1ccc(OC2OC(C(=O)O)C(O)C(O)C2O)c(O)c1)c1c(O)cc(O)cc1O. The molecule has 12 heteroatoms. The summed E-state index contributed by atoms with van der Waals surface area (Å²) in [6.07, 6.45) is -6.97. The highest BCUT2D eigenvalue weighted by atomic mass is 16.7. The van der Waals surface area contributed by atoms with Gasteiger partial charge in [0.15, 0.2) is 23.4 Å². The van der Waals surface area contributed by atoms with Crippen LogP contribution < -0.4 is 4.74 Å². The normalized spacial score (nSPS) is 25.1. The topological polar surface area (TPSA) is 214 Å². The monoisotopic (exact) mass is 464 g/mol. The van der Waals surface area contributed by atoms with Gasteiger partial charge >= 0.3 is 5.97 Å². The van der Waals surface area contributed by atoms with Crippen molar-refractivity contribution >= 4 is 17.8 Å². The van der Waals surface area contributed by atoms with Crippen LogP contribution in [0.4, 0.5) is 0 Å². The van der Waals surface area contributed by atoms with Gasteiger partial charge in [0.25, 0.3) is 0 Å². The van der Waals surface area contributed by atoms with Gasteiger partial charge in [-0.15, -0.1) is 0 Å². The summed E-state index contributed by atoms with van der Waals surface area (Å²) in [6, 6.07) is 5.48. The molecule has 3 rings (SSSR count). The molecule has 0 radical (unpaired) electrons. The number of carboxylic acids is 1. The maximum Gasteiger partial charge on any atom is 0.335 e. The number of benzene rings is 2. The first-order valence-corrected chi connectivity index (χ1v) is 9.39. The van der Waals surface area contributed by atoms with E-state index in [2.05, 4.69) is 0 Å². The number of allylic oxidation sites excluding steroid dienone is 1. The third-order valence-electron chi connectivity index (χ3n) is 4.79. The molecule has 33 heavy (non-hydrogen) atoms. The number of ether oxygens (including phenoxy) is 2. The van der Waals surface area contributed by atoms with Crippen molar-refractivity contribution in [2.24, 2.45) is 0 Å². The number of aliphatic hydroxyl groups excluding tert-OH is 3. The van der Waals surface area contributed by atoms with Gasteiger partial charge in [0.05, 0.1) is 0 Å². The summed E-state index contributed by atoms with van der Waals surface area (Å²) in [5, 5.41) is 77.5. The third kappa shape index (κ3) is 4.99. The fourth-order valence-corrected chi connectivity index (χ4v) is 3.12. The van der Waals surface area contributed by atoms with Gasteiger partial charge in [-0.1, -0.05) is 12.1 Å². The van der Waals surface area contributed by atoms with Crippen molar-refractivity contribution in [3.8, 4) is 28.7 Å². The predicted molar refractivity (Wildman–Crippen MR) is 108 cm³/mol. The lowest BCUT2D eigenvalue weighted by Gasteiger charge is -2.38. The zero-order chi connectivity index (χ0) is 24.4. The summed E-state index contributed by atoms with van der Waals surface area (Å²) < 4.78 is 10.2. The molecule has 1 saturated heterocycles. The lowest BCUT2D eigenvalue weighted by molar-refractivity contribution is -0.271. The number of rotatable bonds is 6. The van der Waals surface area contributed by atoms with E-state index in [0.29, 0.717) is 0 Å². The Labute approximate surface area is 185 Å². The molecule has 1 aliphatic heterocycles. The van der Waals surface area contributed by atoms with Crippen LogP contribution in [0.5, 0.6) is 28.7 Å². The smallest absolute Gasteiger partial charge is 0.335 e. The molecule has 0 bridgehead atoms. The molecule has 2 aromatic rings. The number of hydrogen-bond donors (Lipinski definition) is 8. The highest BCUT2D eigenvalue weighted by Gasteiger charge is 2.48. The average molecular weight is 464 g/mol. The van der Waals surface area contributed by atoms with E-state index in [1.165, 1.54) is 18.2 Å². The Balaban J connectivity index is 1.75. The minimum atomic E-state index is -1.90. The van der Waals surface area contributed by atoms with Crippen LogP contribution in [-0.4, -0.2) is 83.3 Å². The molecule has 1 aliphatic rings. The molecular formula is C21H20O12. The van der Waals surface area contributed by atoms with Crippen molar-refractivity contribution in [3.05, 3.63) is 47.5 Å². The molecule has 1 heterocycles. The molecule has 0 spiro atoms. The molecule has 5 unspecified atom stereocenters. The number of phenolic OH excluding ortho intramolecular Hbond substituents is 4. The largest absolute Gasteiger partial charge is 0.508 e. The van der Waals surface area contributed by atoms with Crippen LogP contribution >= 0.6 is 0 Å². The van der Waals surface area contributed by atoms with E-state index in [0.717, 1.165) is 24.3 Å². The zero-order valence-electron chi connectivity index (χ0n) is 16.6. The summed E-state index contributed by atoms with van der Waals surface area (Å²) in [5.74, 6) is -4.85. The lowest BCUT2D eigenvalue weighted by Crippen LogP contribution is -2.61. The van der Waals surface area contributed by atoms with E-state index in [4.69, 9.17) is 14.6 Å². The second kappa shape index (κ2) is 9.34. The van der Waals surface area contributed by atoms with Gasteiger partial charge in [0.1, 0.15) is 41.1 Å². The fourth-order valence-electron chi connectivity index (χ4n) is 3.12. The lowest BCUT2D eigenvalue weighted by atomic mass is 9.99. The van der Waals surface area contributed by atoms with Gasteiger partial charge in [-0.05, 0) is 23.8 Å². The van der Waals surface area contributed by atoms with Crippen LogP contribution in [0.15, 0.2) is 36.4 Å².